The lowest BCUT2D eigenvalue weighted by Crippen LogP contribution is -2.48. The van der Waals surface area contributed by atoms with Crippen LogP contribution in [0.25, 0.3) is 0 Å². The van der Waals surface area contributed by atoms with Gasteiger partial charge in [-0.25, -0.2) is 0 Å². The Morgan fingerprint density at radius 3 is 2.37 bits per heavy atom. The molecule has 0 saturated carbocycles. The first-order valence-corrected chi connectivity index (χ1v) is 9.72. The molecule has 144 valence electrons. The van der Waals surface area contributed by atoms with Crippen LogP contribution in [-0.4, -0.2) is 29.3 Å². The second-order valence-electron chi connectivity index (χ2n) is 6.42. The highest BCUT2D eigenvalue weighted by Gasteiger charge is 2.26. The SMILES string of the molecule is CCCNC(=O)[C@@H](C)N(Cc1cccc(Cl)c1)C(=O)Cc1ccc(Cl)cc1. The smallest absolute Gasteiger partial charge is 0.242 e. The molecule has 0 unspecified atom stereocenters. The molecule has 0 aliphatic carbocycles. The number of nitrogens with one attached hydrogen (secondary N) is 1. The molecule has 0 spiro atoms. The van der Waals surface area contributed by atoms with Crippen LogP contribution in [0.3, 0.4) is 0 Å². The number of nitrogens with zero attached hydrogens (tertiary/aromatic N) is 1. The Bertz CT molecular complexity index is 778. The third-order valence-electron chi connectivity index (χ3n) is 4.23. The highest BCUT2D eigenvalue weighted by molar-refractivity contribution is 6.30. The standard InChI is InChI=1S/C21H24Cl2N2O2/c1-3-11-24-21(27)15(2)25(14-17-5-4-6-19(23)12-17)20(26)13-16-7-9-18(22)10-8-16/h4-10,12,15H,3,11,13-14H2,1-2H3,(H,24,27)/t15-/m1/s1. The van der Waals surface area contributed by atoms with Crippen LogP contribution < -0.4 is 5.32 Å². The summed E-state index contributed by atoms with van der Waals surface area (Å²) in [6.45, 7) is 4.63. The van der Waals surface area contributed by atoms with E-state index in [4.69, 9.17) is 23.2 Å². The molecule has 27 heavy (non-hydrogen) atoms. The summed E-state index contributed by atoms with van der Waals surface area (Å²) >= 11 is 12.0. The molecular weight excluding hydrogens is 383 g/mol. The van der Waals surface area contributed by atoms with Crippen LogP contribution >= 0.6 is 23.2 Å². The average molecular weight is 407 g/mol. The number of rotatable bonds is 8. The predicted octanol–water partition coefficient (Wildman–Crippen LogP) is 4.48. The third-order valence-corrected chi connectivity index (χ3v) is 4.71. The maximum atomic E-state index is 13.0. The molecule has 1 atom stereocenters. The van der Waals surface area contributed by atoms with E-state index in [0.29, 0.717) is 23.1 Å². The molecule has 2 aromatic rings. The lowest BCUT2D eigenvalue weighted by atomic mass is 10.1. The van der Waals surface area contributed by atoms with Crippen LogP contribution in [0.2, 0.25) is 10.0 Å². The van der Waals surface area contributed by atoms with Crippen molar-refractivity contribution < 1.29 is 9.59 Å². The van der Waals surface area contributed by atoms with Gasteiger partial charge in [-0.2, -0.15) is 0 Å². The molecule has 1 N–H and O–H groups in total. The van der Waals surface area contributed by atoms with Crippen LogP contribution in [0.5, 0.6) is 0 Å². The number of carbonyl (C=O) groups excluding carboxylic acids is 2. The second kappa shape index (κ2) is 10.3. The van der Waals surface area contributed by atoms with Crippen molar-refractivity contribution in [2.24, 2.45) is 0 Å². The minimum absolute atomic E-state index is 0.128. The zero-order valence-electron chi connectivity index (χ0n) is 15.5. The molecule has 0 fully saturated rings. The quantitative estimate of drug-likeness (QED) is 0.702. The number of carbonyl (C=O) groups is 2. The van der Waals surface area contributed by atoms with Gasteiger partial charge in [0.05, 0.1) is 6.42 Å². The van der Waals surface area contributed by atoms with Gasteiger partial charge in [-0.1, -0.05) is 54.4 Å². The van der Waals surface area contributed by atoms with E-state index in [2.05, 4.69) is 5.32 Å². The third kappa shape index (κ3) is 6.56. The molecule has 2 rings (SSSR count). The van der Waals surface area contributed by atoms with E-state index in [9.17, 15) is 9.59 Å². The molecule has 4 nitrogen and oxygen atoms in total. The van der Waals surface area contributed by atoms with Crippen molar-refractivity contribution in [2.45, 2.75) is 39.3 Å². The fraction of sp³-hybridized carbons (Fsp3) is 0.333. The molecule has 0 aromatic heterocycles. The minimum atomic E-state index is -0.588. The Morgan fingerprint density at radius 2 is 1.74 bits per heavy atom. The van der Waals surface area contributed by atoms with E-state index >= 15 is 0 Å². The van der Waals surface area contributed by atoms with Crippen LogP contribution in [0.4, 0.5) is 0 Å². The summed E-state index contributed by atoms with van der Waals surface area (Å²) in [7, 11) is 0. The maximum absolute atomic E-state index is 13.0. The highest BCUT2D eigenvalue weighted by Crippen LogP contribution is 2.17. The van der Waals surface area contributed by atoms with Gasteiger partial charge in [0.15, 0.2) is 0 Å². The van der Waals surface area contributed by atoms with Gasteiger partial charge in [0.1, 0.15) is 6.04 Å². The molecule has 2 amide bonds. The lowest BCUT2D eigenvalue weighted by Gasteiger charge is -2.29. The van der Waals surface area contributed by atoms with Crippen LogP contribution in [-0.2, 0) is 22.6 Å². The Kier molecular flexibility index (Phi) is 8.14. The molecule has 2 aromatic carbocycles. The van der Waals surface area contributed by atoms with Crippen molar-refractivity contribution in [3.05, 3.63) is 69.7 Å². The van der Waals surface area contributed by atoms with Crippen molar-refractivity contribution in [2.75, 3.05) is 6.54 Å². The van der Waals surface area contributed by atoms with Crippen LogP contribution in [0, 0.1) is 0 Å². The number of amides is 2. The van der Waals surface area contributed by atoms with Gasteiger partial charge < -0.3 is 10.2 Å². The number of halogens is 2. The van der Waals surface area contributed by atoms with E-state index in [1.807, 2.05) is 31.2 Å². The highest BCUT2D eigenvalue weighted by atomic mass is 35.5. The van der Waals surface area contributed by atoms with E-state index < -0.39 is 6.04 Å². The average Bonchev–Trinajstić information content (AvgIpc) is 2.65. The summed E-state index contributed by atoms with van der Waals surface area (Å²) in [5.41, 5.74) is 1.73. The molecule has 6 heteroatoms. The fourth-order valence-electron chi connectivity index (χ4n) is 2.69. The summed E-state index contributed by atoms with van der Waals surface area (Å²) in [4.78, 5) is 27.0. The summed E-state index contributed by atoms with van der Waals surface area (Å²) in [6.07, 6.45) is 1.04. The summed E-state index contributed by atoms with van der Waals surface area (Å²) in [5, 5.41) is 4.08. The number of benzene rings is 2. The van der Waals surface area contributed by atoms with Crippen molar-refractivity contribution in [3.63, 3.8) is 0 Å². The molecule has 0 bridgehead atoms. The molecular formula is C21H24Cl2N2O2. The van der Waals surface area contributed by atoms with Crippen LogP contribution in [0.1, 0.15) is 31.4 Å². The van der Waals surface area contributed by atoms with Gasteiger partial charge in [-0.3, -0.25) is 9.59 Å². The van der Waals surface area contributed by atoms with Gasteiger partial charge in [0, 0.05) is 23.1 Å². The topological polar surface area (TPSA) is 49.4 Å². The number of hydrogen-bond donors (Lipinski definition) is 1. The monoisotopic (exact) mass is 406 g/mol. The second-order valence-corrected chi connectivity index (χ2v) is 7.29. The first-order valence-electron chi connectivity index (χ1n) is 8.96. The van der Waals surface area contributed by atoms with Crippen molar-refractivity contribution in [3.8, 4) is 0 Å². The van der Waals surface area contributed by atoms with Gasteiger partial charge in [-0.15, -0.1) is 0 Å². The fourth-order valence-corrected chi connectivity index (χ4v) is 3.03. The zero-order valence-corrected chi connectivity index (χ0v) is 17.1. The molecule has 0 aliphatic heterocycles. The van der Waals surface area contributed by atoms with Crippen LogP contribution in [0.15, 0.2) is 48.5 Å². The largest absolute Gasteiger partial charge is 0.354 e. The first kappa shape index (κ1) is 21.3. The Morgan fingerprint density at radius 1 is 1.04 bits per heavy atom. The van der Waals surface area contributed by atoms with Crippen molar-refractivity contribution in [1.29, 1.82) is 0 Å². The van der Waals surface area contributed by atoms with E-state index in [1.165, 1.54) is 0 Å². The number of hydrogen-bond acceptors (Lipinski definition) is 2. The lowest BCUT2D eigenvalue weighted by molar-refractivity contribution is -0.140. The Balaban J connectivity index is 2.20. The molecule has 0 heterocycles. The van der Waals surface area contributed by atoms with Gasteiger partial charge >= 0.3 is 0 Å². The van der Waals surface area contributed by atoms with Gasteiger partial charge in [0.2, 0.25) is 11.8 Å². The Hall–Kier alpha value is -2.04. The summed E-state index contributed by atoms with van der Waals surface area (Å²) in [5.74, 6) is -0.292. The first-order chi connectivity index (χ1) is 12.9. The molecule has 0 saturated heterocycles. The summed E-state index contributed by atoms with van der Waals surface area (Å²) < 4.78 is 0. The zero-order chi connectivity index (χ0) is 19.8. The van der Waals surface area contributed by atoms with E-state index in [0.717, 1.165) is 17.5 Å². The predicted molar refractivity (Wildman–Crippen MR) is 110 cm³/mol. The molecule has 0 radical (unpaired) electrons. The van der Waals surface area contributed by atoms with E-state index in [-0.39, 0.29) is 18.2 Å². The minimum Gasteiger partial charge on any atom is -0.354 e. The van der Waals surface area contributed by atoms with E-state index in [1.54, 1.807) is 36.1 Å². The maximum Gasteiger partial charge on any atom is 0.242 e. The van der Waals surface area contributed by atoms with Crippen molar-refractivity contribution >= 4 is 35.0 Å². The van der Waals surface area contributed by atoms with Gasteiger partial charge in [0.25, 0.3) is 0 Å². The summed E-state index contributed by atoms with van der Waals surface area (Å²) in [6, 6.07) is 13.9. The van der Waals surface area contributed by atoms with Crippen molar-refractivity contribution in [1.82, 2.24) is 10.2 Å². The Labute approximate surface area is 170 Å². The van der Waals surface area contributed by atoms with Gasteiger partial charge in [-0.05, 0) is 48.7 Å². The normalized spacial score (nSPS) is 11.7. The molecule has 0 aliphatic rings.